The Labute approximate surface area is 169 Å². The topological polar surface area (TPSA) is 50.3 Å². The van der Waals surface area contributed by atoms with E-state index in [9.17, 15) is 4.79 Å². The molecule has 1 heterocycles. The van der Waals surface area contributed by atoms with Crippen LogP contribution in [0.1, 0.15) is 11.1 Å². The van der Waals surface area contributed by atoms with Crippen molar-refractivity contribution in [2.75, 3.05) is 32.7 Å². The maximum absolute atomic E-state index is 12.1. The SMILES string of the molecule is O=C(C[NH+]1CC[NH+](Cc2ccccc2Cl)CC1)NN=Cc1ccc(Cl)cc1. The van der Waals surface area contributed by atoms with Gasteiger partial charge in [-0.05, 0) is 23.8 Å². The molecule has 0 bridgehead atoms. The van der Waals surface area contributed by atoms with Crippen molar-refractivity contribution in [1.82, 2.24) is 5.43 Å². The second-order valence-corrected chi connectivity index (χ2v) is 7.63. The zero-order valence-corrected chi connectivity index (χ0v) is 16.6. The number of piperazine rings is 1. The third kappa shape index (κ3) is 6.33. The fourth-order valence-electron chi connectivity index (χ4n) is 3.22. The lowest BCUT2D eigenvalue weighted by Gasteiger charge is -2.29. The van der Waals surface area contributed by atoms with Crippen LogP contribution in [0.5, 0.6) is 0 Å². The molecule has 3 N–H and O–H groups in total. The summed E-state index contributed by atoms with van der Waals surface area (Å²) >= 11 is 12.1. The number of nitrogens with one attached hydrogen (secondary N) is 3. The monoisotopic (exact) mass is 406 g/mol. The molecule has 7 heteroatoms. The Bertz CT molecular complexity index is 787. The fourth-order valence-corrected chi connectivity index (χ4v) is 3.54. The second-order valence-electron chi connectivity index (χ2n) is 6.79. The molecule has 0 radical (unpaired) electrons. The zero-order valence-electron chi connectivity index (χ0n) is 15.1. The van der Waals surface area contributed by atoms with Gasteiger partial charge < -0.3 is 9.80 Å². The van der Waals surface area contributed by atoms with E-state index in [1.54, 1.807) is 18.3 Å². The molecular weight excluding hydrogens is 383 g/mol. The molecule has 1 aliphatic heterocycles. The summed E-state index contributed by atoms with van der Waals surface area (Å²) in [5.41, 5.74) is 4.68. The Morgan fingerprint density at radius 3 is 2.37 bits per heavy atom. The molecular formula is C20H24Cl2N4O+2. The standard InChI is InChI=1S/C20H22Cl2N4O/c21-18-7-5-16(6-8-18)13-23-24-20(27)15-26-11-9-25(10-12-26)14-17-3-1-2-4-19(17)22/h1-8,13H,9-12,14-15H2,(H,24,27)/p+2. The van der Waals surface area contributed by atoms with Gasteiger partial charge in [-0.3, -0.25) is 4.79 Å². The van der Waals surface area contributed by atoms with Crippen LogP contribution in [0.25, 0.3) is 0 Å². The molecule has 1 aliphatic rings. The molecule has 0 atom stereocenters. The van der Waals surface area contributed by atoms with E-state index in [1.165, 1.54) is 15.4 Å². The molecule has 0 aliphatic carbocycles. The molecule has 1 fully saturated rings. The molecule has 1 saturated heterocycles. The molecule has 2 aromatic rings. The summed E-state index contributed by atoms with van der Waals surface area (Å²) in [5.74, 6) is -0.0650. The van der Waals surface area contributed by atoms with Gasteiger partial charge in [0.2, 0.25) is 0 Å². The second kappa shape index (κ2) is 9.85. The van der Waals surface area contributed by atoms with Crippen molar-refractivity contribution in [3.05, 3.63) is 69.7 Å². The van der Waals surface area contributed by atoms with Gasteiger partial charge in [0.1, 0.15) is 32.7 Å². The summed E-state index contributed by atoms with van der Waals surface area (Å²) in [6, 6.07) is 15.3. The third-order valence-corrected chi connectivity index (χ3v) is 5.37. The third-order valence-electron chi connectivity index (χ3n) is 4.75. The van der Waals surface area contributed by atoms with Gasteiger partial charge in [-0.25, -0.2) is 5.43 Å². The van der Waals surface area contributed by atoms with Crippen LogP contribution in [0.3, 0.4) is 0 Å². The van der Waals surface area contributed by atoms with Crippen LogP contribution in [0.4, 0.5) is 0 Å². The molecule has 142 valence electrons. The fraction of sp³-hybridized carbons (Fsp3) is 0.300. The number of nitrogens with zero attached hydrogens (tertiary/aromatic N) is 1. The Kier molecular flexibility index (Phi) is 7.24. The lowest BCUT2D eigenvalue weighted by Crippen LogP contribution is -3.28. The lowest BCUT2D eigenvalue weighted by atomic mass is 10.2. The lowest BCUT2D eigenvalue weighted by molar-refractivity contribution is -1.02. The smallest absolute Gasteiger partial charge is 0.295 e. The van der Waals surface area contributed by atoms with Crippen molar-refractivity contribution >= 4 is 35.3 Å². The van der Waals surface area contributed by atoms with E-state index in [4.69, 9.17) is 23.2 Å². The van der Waals surface area contributed by atoms with Crippen molar-refractivity contribution in [2.45, 2.75) is 6.54 Å². The number of rotatable bonds is 6. The number of hydrogen-bond donors (Lipinski definition) is 3. The quantitative estimate of drug-likeness (QED) is 0.472. The number of amides is 1. The summed E-state index contributed by atoms with van der Waals surface area (Å²) < 4.78 is 0. The highest BCUT2D eigenvalue weighted by Gasteiger charge is 2.25. The van der Waals surface area contributed by atoms with Gasteiger partial charge in [-0.15, -0.1) is 0 Å². The number of hydrazone groups is 1. The Morgan fingerprint density at radius 2 is 1.67 bits per heavy atom. The van der Waals surface area contributed by atoms with E-state index in [2.05, 4.69) is 16.6 Å². The van der Waals surface area contributed by atoms with Crippen molar-refractivity contribution < 1.29 is 14.6 Å². The van der Waals surface area contributed by atoms with E-state index < -0.39 is 0 Å². The maximum atomic E-state index is 12.1. The molecule has 0 saturated carbocycles. The molecule has 2 aromatic carbocycles. The van der Waals surface area contributed by atoms with E-state index in [0.29, 0.717) is 11.6 Å². The summed E-state index contributed by atoms with van der Waals surface area (Å²) in [7, 11) is 0. The Hall–Kier alpha value is -1.92. The number of benzene rings is 2. The van der Waals surface area contributed by atoms with Crippen LogP contribution < -0.4 is 15.2 Å². The average molecular weight is 407 g/mol. The number of carbonyl (C=O) groups excluding carboxylic acids is 1. The van der Waals surface area contributed by atoms with Crippen LogP contribution in [0.15, 0.2) is 53.6 Å². The van der Waals surface area contributed by atoms with Crippen LogP contribution in [-0.4, -0.2) is 44.8 Å². The minimum absolute atomic E-state index is 0.0650. The maximum Gasteiger partial charge on any atom is 0.295 e. The highest BCUT2D eigenvalue weighted by molar-refractivity contribution is 6.31. The van der Waals surface area contributed by atoms with Crippen molar-refractivity contribution in [3.63, 3.8) is 0 Å². The van der Waals surface area contributed by atoms with Gasteiger partial charge in [0.15, 0.2) is 6.54 Å². The largest absolute Gasteiger partial charge is 0.322 e. The van der Waals surface area contributed by atoms with Gasteiger partial charge in [-0.2, -0.15) is 5.10 Å². The Balaban J connectivity index is 1.39. The normalized spacial score (nSPS) is 19.9. The molecule has 1 amide bonds. The van der Waals surface area contributed by atoms with Gasteiger partial charge in [0.25, 0.3) is 5.91 Å². The average Bonchev–Trinajstić information content (AvgIpc) is 2.67. The van der Waals surface area contributed by atoms with Crippen LogP contribution in [0, 0.1) is 0 Å². The highest BCUT2D eigenvalue weighted by atomic mass is 35.5. The first-order chi connectivity index (χ1) is 13.1. The molecule has 27 heavy (non-hydrogen) atoms. The van der Waals surface area contributed by atoms with E-state index in [0.717, 1.165) is 43.3 Å². The molecule has 0 unspecified atom stereocenters. The summed E-state index contributed by atoms with van der Waals surface area (Å²) in [5, 5.41) is 5.52. The number of quaternary nitrogens is 2. The molecule has 0 aromatic heterocycles. The number of hydrogen-bond acceptors (Lipinski definition) is 2. The van der Waals surface area contributed by atoms with Gasteiger partial charge in [0, 0.05) is 15.6 Å². The first-order valence-electron chi connectivity index (χ1n) is 9.08. The number of halogens is 2. The first kappa shape index (κ1) is 19.8. The highest BCUT2D eigenvalue weighted by Crippen LogP contribution is 2.13. The van der Waals surface area contributed by atoms with Crippen LogP contribution in [0.2, 0.25) is 10.0 Å². The van der Waals surface area contributed by atoms with Gasteiger partial charge >= 0.3 is 0 Å². The van der Waals surface area contributed by atoms with Crippen molar-refractivity contribution in [3.8, 4) is 0 Å². The van der Waals surface area contributed by atoms with Gasteiger partial charge in [-0.1, -0.05) is 53.5 Å². The van der Waals surface area contributed by atoms with Crippen molar-refractivity contribution in [2.24, 2.45) is 5.10 Å². The predicted molar refractivity (Wildman–Crippen MR) is 109 cm³/mol. The van der Waals surface area contributed by atoms with Gasteiger partial charge in [0.05, 0.1) is 6.21 Å². The van der Waals surface area contributed by atoms with E-state index in [1.807, 2.05) is 30.3 Å². The Morgan fingerprint density at radius 1 is 1.00 bits per heavy atom. The molecule has 0 spiro atoms. The van der Waals surface area contributed by atoms with E-state index in [-0.39, 0.29) is 5.91 Å². The van der Waals surface area contributed by atoms with E-state index >= 15 is 0 Å². The molecule has 5 nitrogen and oxygen atoms in total. The number of carbonyl (C=O) groups is 1. The van der Waals surface area contributed by atoms with Crippen LogP contribution in [-0.2, 0) is 11.3 Å². The van der Waals surface area contributed by atoms with Crippen LogP contribution >= 0.6 is 23.2 Å². The van der Waals surface area contributed by atoms with Crippen molar-refractivity contribution in [1.29, 1.82) is 0 Å². The summed E-state index contributed by atoms with van der Waals surface area (Å²) in [6.07, 6.45) is 1.62. The summed E-state index contributed by atoms with van der Waals surface area (Å²) in [6.45, 7) is 5.37. The predicted octanol–water partition coefficient (Wildman–Crippen LogP) is 0.427. The first-order valence-corrected chi connectivity index (χ1v) is 9.84. The zero-order chi connectivity index (χ0) is 19.1. The minimum Gasteiger partial charge on any atom is -0.322 e. The summed E-state index contributed by atoms with van der Waals surface area (Å²) in [4.78, 5) is 14.9. The molecule has 3 rings (SSSR count). The minimum atomic E-state index is -0.0650.